The summed E-state index contributed by atoms with van der Waals surface area (Å²) in [5, 5.41) is 0. The van der Waals surface area contributed by atoms with E-state index in [1.54, 1.807) is 0 Å². The third-order valence-corrected chi connectivity index (χ3v) is 3.55. The SMILES string of the molecule is CN1CC2CCC(C1)N2CCCC=O. The van der Waals surface area contributed by atoms with Crippen LogP contribution in [0.2, 0.25) is 0 Å². The van der Waals surface area contributed by atoms with Gasteiger partial charge in [0, 0.05) is 31.6 Å². The molecular formula is C11H20N2O. The molecule has 0 spiro atoms. The van der Waals surface area contributed by atoms with E-state index in [1.807, 2.05) is 0 Å². The third-order valence-electron chi connectivity index (χ3n) is 3.55. The van der Waals surface area contributed by atoms with Crippen LogP contribution in [0.3, 0.4) is 0 Å². The summed E-state index contributed by atoms with van der Waals surface area (Å²) in [4.78, 5) is 15.3. The maximum absolute atomic E-state index is 10.3. The summed E-state index contributed by atoms with van der Waals surface area (Å²) in [6, 6.07) is 1.54. The maximum Gasteiger partial charge on any atom is 0.120 e. The topological polar surface area (TPSA) is 23.6 Å². The van der Waals surface area contributed by atoms with E-state index < -0.39 is 0 Å². The van der Waals surface area contributed by atoms with Gasteiger partial charge in [-0.1, -0.05) is 0 Å². The lowest BCUT2D eigenvalue weighted by Crippen LogP contribution is -2.52. The Balaban J connectivity index is 1.84. The highest BCUT2D eigenvalue weighted by molar-refractivity contribution is 5.49. The van der Waals surface area contributed by atoms with Crippen molar-refractivity contribution in [3.8, 4) is 0 Å². The number of carbonyl (C=O) groups is 1. The molecule has 2 rings (SSSR count). The van der Waals surface area contributed by atoms with Crippen molar-refractivity contribution < 1.29 is 4.79 Å². The van der Waals surface area contributed by atoms with Crippen LogP contribution in [0.25, 0.3) is 0 Å². The molecule has 2 heterocycles. The molecule has 2 saturated heterocycles. The van der Waals surface area contributed by atoms with Crippen LogP contribution in [-0.4, -0.2) is 54.9 Å². The predicted octanol–water partition coefficient (Wildman–Crippen LogP) is 0.744. The minimum atomic E-state index is 0.728. The first-order chi connectivity index (χ1) is 6.81. The first-order valence-electron chi connectivity index (χ1n) is 5.69. The molecule has 14 heavy (non-hydrogen) atoms. The fraction of sp³-hybridized carbons (Fsp3) is 0.909. The standard InChI is InChI=1S/C11H20N2O/c1-12-8-10-4-5-11(9-12)13(10)6-2-3-7-14/h7,10-11H,2-6,8-9H2,1H3. The van der Waals surface area contributed by atoms with Crippen LogP contribution in [0, 0.1) is 0 Å². The minimum absolute atomic E-state index is 0.728. The summed E-state index contributed by atoms with van der Waals surface area (Å²) in [5.41, 5.74) is 0. The Morgan fingerprint density at radius 2 is 1.93 bits per heavy atom. The number of hydrogen-bond acceptors (Lipinski definition) is 3. The normalized spacial score (nSPS) is 33.5. The summed E-state index contributed by atoms with van der Waals surface area (Å²) in [6.45, 7) is 3.57. The number of aldehydes is 1. The summed E-state index contributed by atoms with van der Waals surface area (Å²) < 4.78 is 0. The van der Waals surface area contributed by atoms with Crippen LogP contribution in [0.1, 0.15) is 25.7 Å². The summed E-state index contributed by atoms with van der Waals surface area (Å²) in [6.07, 6.45) is 5.52. The van der Waals surface area contributed by atoms with Crippen molar-refractivity contribution in [1.82, 2.24) is 9.80 Å². The Morgan fingerprint density at radius 1 is 1.29 bits per heavy atom. The predicted molar refractivity (Wildman–Crippen MR) is 56.3 cm³/mol. The van der Waals surface area contributed by atoms with E-state index in [0.717, 1.165) is 37.8 Å². The Labute approximate surface area is 86.1 Å². The summed E-state index contributed by atoms with van der Waals surface area (Å²) in [7, 11) is 2.22. The van der Waals surface area contributed by atoms with Gasteiger partial charge in [-0.3, -0.25) is 4.90 Å². The number of hydrogen-bond donors (Lipinski definition) is 0. The summed E-state index contributed by atoms with van der Waals surface area (Å²) in [5.74, 6) is 0. The maximum atomic E-state index is 10.3. The molecule has 3 nitrogen and oxygen atoms in total. The van der Waals surface area contributed by atoms with E-state index in [0.29, 0.717) is 0 Å². The van der Waals surface area contributed by atoms with Crippen molar-refractivity contribution in [2.75, 3.05) is 26.7 Å². The van der Waals surface area contributed by atoms with E-state index >= 15 is 0 Å². The van der Waals surface area contributed by atoms with Gasteiger partial charge >= 0.3 is 0 Å². The van der Waals surface area contributed by atoms with E-state index in [9.17, 15) is 4.79 Å². The fourth-order valence-electron chi connectivity index (χ4n) is 2.92. The number of piperazine rings is 1. The van der Waals surface area contributed by atoms with Crippen LogP contribution in [-0.2, 0) is 4.79 Å². The van der Waals surface area contributed by atoms with Gasteiger partial charge < -0.3 is 9.69 Å². The second-order valence-corrected chi connectivity index (χ2v) is 4.65. The molecule has 0 aliphatic carbocycles. The molecule has 0 amide bonds. The molecule has 2 unspecified atom stereocenters. The van der Waals surface area contributed by atoms with E-state index in [-0.39, 0.29) is 0 Å². The average Bonchev–Trinajstić information content (AvgIpc) is 2.42. The van der Waals surface area contributed by atoms with Crippen LogP contribution in [0.5, 0.6) is 0 Å². The van der Waals surface area contributed by atoms with Crippen LogP contribution in [0.15, 0.2) is 0 Å². The molecule has 2 aliphatic heterocycles. The lowest BCUT2D eigenvalue weighted by Gasteiger charge is -2.39. The van der Waals surface area contributed by atoms with Gasteiger partial charge in [-0.25, -0.2) is 0 Å². The Bertz CT molecular complexity index is 193. The molecule has 0 radical (unpaired) electrons. The van der Waals surface area contributed by atoms with Gasteiger partial charge in [-0.05, 0) is 32.9 Å². The van der Waals surface area contributed by atoms with Gasteiger partial charge in [0.1, 0.15) is 6.29 Å². The molecule has 0 N–H and O–H groups in total. The van der Waals surface area contributed by atoms with Crippen molar-refractivity contribution in [2.45, 2.75) is 37.8 Å². The number of rotatable bonds is 4. The van der Waals surface area contributed by atoms with Gasteiger partial charge in [0.15, 0.2) is 0 Å². The lowest BCUT2D eigenvalue weighted by molar-refractivity contribution is -0.108. The molecule has 0 aromatic carbocycles. The zero-order valence-electron chi connectivity index (χ0n) is 8.98. The average molecular weight is 196 g/mol. The molecule has 3 heteroatoms. The quantitative estimate of drug-likeness (QED) is 0.489. The smallest absolute Gasteiger partial charge is 0.120 e. The van der Waals surface area contributed by atoms with Crippen LogP contribution in [0.4, 0.5) is 0 Å². The van der Waals surface area contributed by atoms with Gasteiger partial charge in [0.05, 0.1) is 0 Å². The van der Waals surface area contributed by atoms with Crippen molar-refractivity contribution in [1.29, 1.82) is 0 Å². The molecule has 0 aromatic rings. The molecule has 2 bridgehead atoms. The van der Waals surface area contributed by atoms with Gasteiger partial charge in [-0.15, -0.1) is 0 Å². The van der Waals surface area contributed by atoms with E-state index in [2.05, 4.69) is 16.8 Å². The molecule has 2 fully saturated rings. The van der Waals surface area contributed by atoms with Crippen molar-refractivity contribution >= 4 is 6.29 Å². The van der Waals surface area contributed by atoms with Crippen molar-refractivity contribution in [3.05, 3.63) is 0 Å². The zero-order chi connectivity index (χ0) is 9.97. The number of likely N-dealkylation sites (tertiary alicyclic amines) is 1. The monoisotopic (exact) mass is 196 g/mol. The van der Waals surface area contributed by atoms with Gasteiger partial charge in [0.25, 0.3) is 0 Å². The molecule has 0 saturated carbocycles. The van der Waals surface area contributed by atoms with E-state index in [4.69, 9.17) is 0 Å². The lowest BCUT2D eigenvalue weighted by atomic mass is 10.2. The van der Waals surface area contributed by atoms with Crippen molar-refractivity contribution in [3.63, 3.8) is 0 Å². The minimum Gasteiger partial charge on any atom is -0.303 e. The van der Waals surface area contributed by atoms with Gasteiger partial charge in [-0.2, -0.15) is 0 Å². The molecule has 2 aliphatic rings. The summed E-state index contributed by atoms with van der Waals surface area (Å²) >= 11 is 0. The Morgan fingerprint density at radius 3 is 2.50 bits per heavy atom. The highest BCUT2D eigenvalue weighted by Gasteiger charge is 2.37. The number of unbranched alkanes of at least 4 members (excludes halogenated alkanes) is 1. The van der Waals surface area contributed by atoms with Gasteiger partial charge in [0.2, 0.25) is 0 Å². The zero-order valence-corrected chi connectivity index (χ0v) is 8.98. The molecule has 2 atom stereocenters. The Hall–Kier alpha value is -0.410. The van der Waals surface area contributed by atoms with E-state index in [1.165, 1.54) is 25.9 Å². The molecule has 80 valence electrons. The molecular weight excluding hydrogens is 176 g/mol. The number of fused-ring (bicyclic) bond motifs is 2. The number of carbonyl (C=O) groups excluding carboxylic acids is 1. The second-order valence-electron chi connectivity index (χ2n) is 4.65. The Kier molecular flexibility index (Phi) is 3.19. The first kappa shape index (κ1) is 10.1. The highest BCUT2D eigenvalue weighted by Crippen LogP contribution is 2.29. The van der Waals surface area contributed by atoms with Crippen LogP contribution >= 0.6 is 0 Å². The number of nitrogens with zero attached hydrogens (tertiary/aromatic N) is 2. The second kappa shape index (κ2) is 4.41. The first-order valence-corrected chi connectivity index (χ1v) is 5.69. The highest BCUT2D eigenvalue weighted by atomic mass is 16.1. The van der Waals surface area contributed by atoms with Crippen molar-refractivity contribution in [2.24, 2.45) is 0 Å². The largest absolute Gasteiger partial charge is 0.303 e. The molecule has 0 aromatic heterocycles. The number of likely N-dealkylation sites (N-methyl/N-ethyl adjacent to an activating group) is 1. The van der Waals surface area contributed by atoms with Crippen LogP contribution < -0.4 is 0 Å². The fourth-order valence-corrected chi connectivity index (χ4v) is 2.92. The third kappa shape index (κ3) is 1.98.